The SMILES string of the molecule is CC1CC(CNc2ccc(/C(C=N)=C/N)cc2C=N)CN1C(=O)C1CCCC1. The van der Waals surface area contributed by atoms with Crippen LogP contribution in [0.2, 0.25) is 0 Å². The van der Waals surface area contributed by atoms with Crippen molar-refractivity contribution in [2.75, 3.05) is 18.4 Å². The average molecular weight is 382 g/mol. The Morgan fingerprint density at radius 1 is 1.32 bits per heavy atom. The van der Waals surface area contributed by atoms with Crippen molar-refractivity contribution in [1.82, 2.24) is 4.90 Å². The molecule has 0 radical (unpaired) electrons. The van der Waals surface area contributed by atoms with Crippen LogP contribution in [0.1, 0.15) is 50.2 Å². The second kappa shape index (κ2) is 9.04. The van der Waals surface area contributed by atoms with Crippen molar-refractivity contribution in [2.45, 2.75) is 45.1 Å². The number of anilines is 1. The first kappa shape index (κ1) is 20.1. The first-order valence-electron chi connectivity index (χ1n) is 10.2. The normalized spacial score (nSPS) is 23.0. The van der Waals surface area contributed by atoms with Gasteiger partial charge in [-0.2, -0.15) is 0 Å². The highest BCUT2D eigenvalue weighted by Gasteiger charge is 2.36. The van der Waals surface area contributed by atoms with Gasteiger partial charge in [-0.05, 0) is 49.8 Å². The van der Waals surface area contributed by atoms with Crippen molar-refractivity contribution < 1.29 is 4.79 Å². The third-order valence-corrected chi connectivity index (χ3v) is 6.11. The van der Waals surface area contributed by atoms with Gasteiger partial charge in [0.05, 0.1) is 0 Å². The predicted octanol–water partition coefficient (Wildman–Crippen LogP) is 3.47. The Morgan fingerprint density at radius 3 is 2.71 bits per heavy atom. The fourth-order valence-corrected chi connectivity index (χ4v) is 4.51. The number of allylic oxidation sites excluding steroid dienone is 1. The summed E-state index contributed by atoms with van der Waals surface area (Å²) in [7, 11) is 0. The second-order valence-corrected chi connectivity index (χ2v) is 8.02. The monoisotopic (exact) mass is 381 g/mol. The Labute approximate surface area is 167 Å². The average Bonchev–Trinajstić information content (AvgIpc) is 3.37. The molecule has 1 heterocycles. The number of carbonyl (C=O) groups excluding carboxylic acids is 1. The molecular formula is C22H31N5O. The van der Waals surface area contributed by atoms with Crippen molar-refractivity contribution in [3.8, 4) is 0 Å². The van der Waals surface area contributed by atoms with E-state index in [2.05, 4.69) is 17.1 Å². The summed E-state index contributed by atoms with van der Waals surface area (Å²) in [5.41, 5.74) is 8.68. The summed E-state index contributed by atoms with van der Waals surface area (Å²) in [5.74, 6) is 1.01. The molecule has 5 N–H and O–H groups in total. The van der Waals surface area contributed by atoms with E-state index in [1.54, 1.807) is 0 Å². The Bertz CT molecular complexity index is 766. The lowest BCUT2D eigenvalue weighted by Crippen LogP contribution is -2.38. The van der Waals surface area contributed by atoms with E-state index in [9.17, 15) is 4.79 Å². The Hall–Kier alpha value is -2.63. The maximum atomic E-state index is 12.8. The quantitative estimate of drug-likeness (QED) is 0.543. The molecule has 6 heteroatoms. The van der Waals surface area contributed by atoms with E-state index in [1.165, 1.54) is 31.5 Å². The highest BCUT2D eigenvalue weighted by molar-refractivity contribution is 6.08. The molecule has 0 aromatic heterocycles. The van der Waals surface area contributed by atoms with Crippen LogP contribution in [0.15, 0.2) is 24.4 Å². The molecule has 0 spiro atoms. The van der Waals surface area contributed by atoms with Crippen LogP contribution in [0.5, 0.6) is 0 Å². The van der Waals surface area contributed by atoms with Gasteiger partial charge in [0.15, 0.2) is 0 Å². The number of hydrogen-bond acceptors (Lipinski definition) is 5. The number of carbonyl (C=O) groups is 1. The van der Waals surface area contributed by atoms with Gasteiger partial charge in [-0.1, -0.05) is 18.9 Å². The number of benzene rings is 1. The van der Waals surface area contributed by atoms with Crippen LogP contribution in [0.3, 0.4) is 0 Å². The lowest BCUT2D eigenvalue weighted by Gasteiger charge is -2.25. The van der Waals surface area contributed by atoms with Gasteiger partial charge in [-0.25, -0.2) is 0 Å². The largest absolute Gasteiger partial charge is 0.404 e. The second-order valence-electron chi connectivity index (χ2n) is 8.02. The van der Waals surface area contributed by atoms with Gasteiger partial charge in [0.2, 0.25) is 5.91 Å². The van der Waals surface area contributed by atoms with Crippen molar-refractivity contribution >= 4 is 29.6 Å². The van der Waals surface area contributed by atoms with Crippen molar-refractivity contribution in [1.29, 1.82) is 10.8 Å². The van der Waals surface area contributed by atoms with Crippen LogP contribution >= 0.6 is 0 Å². The molecule has 2 unspecified atom stereocenters. The molecule has 6 nitrogen and oxygen atoms in total. The maximum absolute atomic E-state index is 12.8. The van der Waals surface area contributed by atoms with Crippen LogP contribution in [0, 0.1) is 22.7 Å². The molecular weight excluding hydrogens is 350 g/mol. The maximum Gasteiger partial charge on any atom is 0.225 e. The summed E-state index contributed by atoms with van der Waals surface area (Å²) in [5, 5.41) is 18.6. The van der Waals surface area contributed by atoms with Crippen LogP contribution in [-0.2, 0) is 4.79 Å². The van der Waals surface area contributed by atoms with Gasteiger partial charge < -0.3 is 26.8 Å². The zero-order valence-corrected chi connectivity index (χ0v) is 16.6. The van der Waals surface area contributed by atoms with Gasteiger partial charge in [0.1, 0.15) is 0 Å². The summed E-state index contributed by atoms with van der Waals surface area (Å²) in [6, 6.07) is 6.01. The highest BCUT2D eigenvalue weighted by Crippen LogP contribution is 2.31. The van der Waals surface area contributed by atoms with E-state index in [0.717, 1.165) is 49.2 Å². The first-order valence-corrected chi connectivity index (χ1v) is 10.2. The summed E-state index contributed by atoms with van der Waals surface area (Å²) >= 11 is 0. The number of amides is 1. The van der Waals surface area contributed by atoms with Crippen molar-refractivity contribution in [3.05, 3.63) is 35.5 Å². The molecule has 1 aliphatic carbocycles. The molecule has 1 saturated heterocycles. The van der Waals surface area contributed by atoms with E-state index >= 15 is 0 Å². The highest BCUT2D eigenvalue weighted by atomic mass is 16.2. The minimum Gasteiger partial charge on any atom is -0.404 e. The van der Waals surface area contributed by atoms with Crippen molar-refractivity contribution in [3.63, 3.8) is 0 Å². The zero-order chi connectivity index (χ0) is 20.1. The number of nitrogens with two attached hydrogens (primary N) is 1. The van der Waals surface area contributed by atoms with Crippen LogP contribution in [0.4, 0.5) is 5.69 Å². The van der Waals surface area contributed by atoms with E-state index in [-0.39, 0.29) is 5.92 Å². The lowest BCUT2D eigenvalue weighted by molar-refractivity contribution is -0.136. The number of nitrogens with one attached hydrogen (secondary N) is 3. The van der Waals surface area contributed by atoms with Gasteiger partial charge in [0, 0.05) is 60.5 Å². The molecule has 1 saturated carbocycles. The van der Waals surface area contributed by atoms with Crippen molar-refractivity contribution in [2.24, 2.45) is 17.6 Å². The van der Waals surface area contributed by atoms with E-state index in [4.69, 9.17) is 16.6 Å². The third-order valence-electron chi connectivity index (χ3n) is 6.11. The van der Waals surface area contributed by atoms with Crippen LogP contribution in [-0.4, -0.2) is 42.4 Å². The number of likely N-dealkylation sites (tertiary alicyclic amines) is 1. The summed E-state index contributed by atoms with van der Waals surface area (Å²) in [6.45, 7) is 3.75. The van der Waals surface area contributed by atoms with Crippen LogP contribution in [0.25, 0.3) is 5.57 Å². The smallest absolute Gasteiger partial charge is 0.225 e. The Balaban J connectivity index is 1.62. The number of rotatable bonds is 7. The van der Waals surface area contributed by atoms with E-state index in [0.29, 0.717) is 23.4 Å². The van der Waals surface area contributed by atoms with E-state index in [1.807, 2.05) is 18.2 Å². The van der Waals surface area contributed by atoms with Crippen LogP contribution < -0.4 is 11.1 Å². The molecule has 2 aliphatic rings. The molecule has 2 atom stereocenters. The zero-order valence-electron chi connectivity index (χ0n) is 16.6. The van der Waals surface area contributed by atoms with Gasteiger partial charge in [-0.15, -0.1) is 0 Å². The third kappa shape index (κ3) is 4.26. The fraction of sp³-hybridized carbons (Fsp3) is 0.500. The predicted molar refractivity (Wildman–Crippen MR) is 115 cm³/mol. The molecule has 1 aromatic rings. The molecule has 1 aromatic carbocycles. The molecule has 0 bridgehead atoms. The van der Waals surface area contributed by atoms with E-state index < -0.39 is 0 Å². The standard InChI is InChI=1S/C22H31N5O/c1-15-8-16(14-27(15)22(28)17-4-2-3-5-17)13-26-21-7-6-18(9-19(21)10-23)20(11-24)12-25/h6-7,9-12,15-17,23-24,26H,2-5,8,13-14,25H2,1H3/b20-12+,23-10?,24-11?. The first-order chi connectivity index (χ1) is 13.6. The summed E-state index contributed by atoms with van der Waals surface area (Å²) in [4.78, 5) is 14.9. The van der Waals surface area contributed by atoms with Gasteiger partial charge >= 0.3 is 0 Å². The van der Waals surface area contributed by atoms with Gasteiger partial charge in [0.25, 0.3) is 0 Å². The number of hydrogen-bond donors (Lipinski definition) is 4. The minimum absolute atomic E-state index is 0.241. The molecule has 28 heavy (non-hydrogen) atoms. The molecule has 1 amide bonds. The molecule has 1 aliphatic heterocycles. The molecule has 150 valence electrons. The van der Waals surface area contributed by atoms with Gasteiger partial charge in [-0.3, -0.25) is 4.79 Å². The fourth-order valence-electron chi connectivity index (χ4n) is 4.51. The molecule has 2 fully saturated rings. The Morgan fingerprint density at radius 2 is 2.07 bits per heavy atom. The number of nitrogens with zero attached hydrogens (tertiary/aromatic N) is 1. The Kier molecular flexibility index (Phi) is 6.49. The minimum atomic E-state index is 0.241. The lowest BCUT2D eigenvalue weighted by atomic mass is 10.0. The summed E-state index contributed by atoms with van der Waals surface area (Å²) < 4.78 is 0. The summed E-state index contributed by atoms with van der Waals surface area (Å²) in [6.07, 6.45) is 9.42. The molecule has 3 rings (SSSR count). The topological polar surface area (TPSA) is 106 Å².